The maximum atomic E-state index is 12.5. The van der Waals surface area contributed by atoms with Crippen LogP contribution in [0, 0.1) is 5.92 Å². The van der Waals surface area contributed by atoms with Crippen molar-refractivity contribution in [2.75, 3.05) is 19.6 Å². The van der Waals surface area contributed by atoms with Crippen LogP contribution in [-0.2, 0) is 15.8 Å². The Bertz CT molecular complexity index is 530. The van der Waals surface area contributed by atoms with Crippen LogP contribution < -0.4 is 5.32 Å². The quantitative estimate of drug-likeness (QED) is 0.876. The van der Waals surface area contributed by atoms with E-state index < -0.39 is 10.0 Å². The van der Waals surface area contributed by atoms with Crippen molar-refractivity contribution < 1.29 is 8.42 Å². The highest BCUT2D eigenvalue weighted by atomic mass is 32.2. The lowest BCUT2D eigenvalue weighted by molar-refractivity contribution is 0.220. The largest absolute Gasteiger partial charge is 0.314 e. The molecule has 21 heavy (non-hydrogen) atoms. The molecule has 1 aromatic rings. The van der Waals surface area contributed by atoms with Gasteiger partial charge in [0.2, 0.25) is 10.0 Å². The third kappa shape index (κ3) is 4.53. The Balaban J connectivity index is 1.96. The van der Waals surface area contributed by atoms with E-state index in [1.54, 1.807) is 4.31 Å². The van der Waals surface area contributed by atoms with Gasteiger partial charge in [0.25, 0.3) is 0 Å². The zero-order chi connectivity index (χ0) is 15.3. The summed E-state index contributed by atoms with van der Waals surface area (Å²) in [5.41, 5.74) is 0.858. The van der Waals surface area contributed by atoms with E-state index in [2.05, 4.69) is 19.2 Å². The van der Waals surface area contributed by atoms with Gasteiger partial charge < -0.3 is 5.32 Å². The van der Waals surface area contributed by atoms with Crippen LogP contribution in [0.2, 0.25) is 0 Å². The second-order valence-corrected chi connectivity index (χ2v) is 7.90. The lowest BCUT2D eigenvalue weighted by atomic mass is 9.95. The van der Waals surface area contributed by atoms with Crippen LogP contribution in [0.1, 0.15) is 32.3 Å². The topological polar surface area (TPSA) is 49.4 Å². The minimum absolute atomic E-state index is 0.105. The van der Waals surface area contributed by atoms with Crippen molar-refractivity contribution in [2.45, 2.75) is 38.5 Å². The molecule has 0 aromatic heterocycles. The van der Waals surface area contributed by atoms with Gasteiger partial charge in [0.1, 0.15) is 0 Å². The van der Waals surface area contributed by atoms with Gasteiger partial charge >= 0.3 is 0 Å². The predicted octanol–water partition coefficient (Wildman–Crippen LogP) is 2.23. The fraction of sp³-hybridized carbons (Fsp3) is 0.625. The zero-order valence-electron chi connectivity index (χ0n) is 13.0. The molecule has 2 atom stereocenters. The molecule has 2 unspecified atom stereocenters. The monoisotopic (exact) mass is 310 g/mol. The van der Waals surface area contributed by atoms with E-state index in [0.29, 0.717) is 25.0 Å². The fourth-order valence-corrected chi connectivity index (χ4v) is 4.51. The molecule has 0 spiro atoms. The molecule has 0 amide bonds. The molecule has 1 aliphatic heterocycles. The molecule has 1 saturated heterocycles. The first-order chi connectivity index (χ1) is 10.0. The van der Waals surface area contributed by atoms with E-state index >= 15 is 0 Å². The molecular formula is C16H26N2O2S. The van der Waals surface area contributed by atoms with Crippen molar-refractivity contribution in [3.8, 4) is 0 Å². The first-order valence-electron chi connectivity index (χ1n) is 7.78. The predicted molar refractivity (Wildman–Crippen MR) is 86.5 cm³/mol. The van der Waals surface area contributed by atoms with E-state index in [1.807, 2.05) is 30.3 Å². The third-order valence-corrected chi connectivity index (χ3v) is 5.93. The smallest absolute Gasteiger partial charge is 0.218 e. The van der Waals surface area contributed by atoms with E-state index in [1.165, 1.54) is 0 Å². The summed E-state index contributed by atoms with van der Waals surface area (Å²) in [6.45, 7) is 6.54. The van der Waals surface area contributed by atoms with E-state index in [9.17, 15) is 8.42 Å². The number of nitrogens with zero attached hydrogens (tertiary/aromatic N) is 1. The number of nitrogens with one attached hydrogen (secondary N) is 1. The van der Waals surface area contributed by atoms with Crippen molar-refractivity contribution in [2.24, 2.45) is 5.92 Å². The molecule has 1 aromatic carbocycles. The third-order valence-electron chi connectivity index (χ3n) is 4.11. The summed E-state index contributed by atoms with van der Waals surface area (Å²) >= 11 is 0. The van der Waals surface area contributed by atoms with Gasteiger partial charge in [0.15, 0.2) is 0 Å². The Kier molecular flexibility index (Phi) is 5.79. The number of sulfonamides is 1. The molecule has 0 radical (unpaired) electrons. The van der Waals surface area contributed by atoms with Gasteiger partial charge in [-0.2, -0.15) is 0 Å². The molecule has 1 fully saturated rings. The van der Waals surface area contributed by atoms with E-state index in [0.717, 1.165) is 24.9 Å². The van der Waals surface area contributed by atoms with Gasteiger partial charge in [-0.05, 0) is 30.9 Å². The van der Waals surface area contributed by atoms with E-state index in [4.69, 9.17) is 0 Å². The molecular weight excluding hydrogens is 284 g/mol. The molecule has 1 aliphatic rings. The molecule has 0 saturated carbocycles. The minimum Gasteiger partial charge on any atom is -0.314 e. The van der Waals surface area contributed by atoms with Gasteiger partial charge in [-0.1, -0.05) is 44.2 Å². The molecule has 2 rings (SSSR count). The Hall–Kier alpha value is -0.910. The number of hydrogen-bond donors (Lipinski definition) is 1. The average Bonchev–Trinajstić information content (AvgIpc) is 2.46. The van der Waals surface area contributed by atoms with Crippen LogP contribution in [0.5, 0.6) is 0 Å². The van der Waals surface area contributed by atoms with Gasteiger partial charge in [-0.3, -0.25) is 0 Å². The molecule has 1 N–H and O–H groups in total. The van der Waals surface area contributed by atoms with Gasteiger partial charge in [0.05, 0.1) is 5.75 Å². The van der Waals surface area contributed by atoms with Crippen LogP contribution in [-0.4, -0.2) is 38.4 Å². The summed E-state index contributed by atoms with van der Waals surface area (Å²) in [5.74, 6) is 0.462. The molecule has 118 valence electrons. The van der Waals surface area contributed by atoms with Crippen LogP contribution in [0.25, 0.3) is 0 Å². The molecule has 0 aliphatic carbocycles. The summed E-state index contributed by atoms with van der Waals surface area (Å²) in [5, 5.41) is 3.52. The van der Waals surface area contributed by atoms with Crippen molar-refractivity contribution >= 4 is 10.0 Å². The van der Waals surface area contributed by atoms with Crippen molar-refractivity contribution in [1.29, 1.82) is 0 Å². The summed E-state index contributed by atoms with van der Waals surface area (Å²) < 4.78 is 26.7. The number of hydrogen-bond acceptors (Lipinski definition) is 3. The second-order valence-electron chi connectivity index (χ2n) is 5.93. The number of rotatable bonds is 6. The summed E-state index contributed by atoms with van der Waals surface area (Å²) in [7, 11) is -3.21. The fourth-order valence-electron chi connectivity index (χ4n) is 2.87. The molecule has 5 heteroatoms. The molecule has 4 nitrogen and oxygen atoms in total. The summed E-state index contributed by atoms with van der Waals surface area (Å²) in [4.78, 5) is 0. The molecule has 0 bridgehead atoms. The number of piperidine rings is 1. The highest BCUT2D eigenvalue weighted by Crippen LogP contribution is 2.21. The van der Waals surface area contributed by atoms with Crippen LogP contribution in [0.3, 0.4) is 0 Å². The first-order valence-corrected chi connectivity index (χ1v) is 9.39. The highest BCUT2D eigenvalue weighted by molar-refractivity contribution is 7.88. The van der Waals surface area contributed by atoms with Crippen LogP contribution >= 0.6 is 0 Å². The zero-order valence-corrected chi connectivity index (χ0v) is 13.8. The van der Waals surface area contributed by atoms with Gasteiger partial charge in [-0.25, -0.2) is 12.7 Å². The Morgan fingerprint density at radius 1 is 1.29 bits per heavy atom. The Labute approximate surface area is 128 Å². The van der Waals surface area contributed by atoms with Crippen molar-refractivity contribution in [1.82, 2.24) is 9.62 Å². The molecule has 1 heterocycles. The van der Waals surface area contributed by atoms with Crippen molar-refractivity contribution in [3.63, 3.8) is 0 Å². The SMILES string of the molecule is CCCNC1CCN(S(=O)(=O)Cc2ccccc2)CC1C. The average molecular weight is 310 g/mol. The van der Waals surface area contributed by atoms with Crippen LogP contribution in [0.4, 0.5) is 0 Å². The highest BCUT2D eigenvalue weighted by Gasteiger charge is 2.32. The summed E-state index contributed by atoms with van der Waals surface area (Å²) in [6.07, 6.45) is 2.01. The first kappa shape index (κ1) is 16.5. The standard InChI is InChI=1S/C16H26N2O2S/c1-3-10-17-16-9-11-18(12-14(16)2)21(19,20)13-15-7-5-4-6-8-15/h4-8,14,16-17H,3,9-13H2,1-2H3. The van der Waals surface area contributed by atoms with Crippen molar-refractivity contribution in [3.05, 3.63) is 35.9 Å². The second kappa shape index (κ2) is 7.38. The minimum atomic E-state index is -3.21. The Morgan fingerprint density at radius 3 is 2.62 bits per heavy atom. The summed E-state index contributed by atoms with van der Waals surface area (Å²) in [6, 6.07) is 9.85. The normalized spacial score (nSPS) is 24.1. The van der Waals surface area contributed by atoms with Crippen LogP contribution in [0.15, 0.2) is 30.3 Å². The van der Waals surface area contributed by atoms with Gasteiger partial charge in [-0.15, -0.1) is 0 Å². The lowest BCUT2D eigenvalue weighted by Gasteiger charge is -2.36. The van der Waals surface area contributed by atoms with Gasteiger partial charge in [0, 0.05) is 19.1 Å². The maximum absolute atomic E-state index is 12.5. The maximum Gasteiger partial charge on any atom is 0.218 e. The lowest BCUT2D eigenvalue weighted by Crippen LogP contribution is -2.50. The van der Waals surface area contributed by atoms with E-state index in [-0.39, 0.29) is 5.75 Å². The number of benzene rings is 1. The Morgan fingerprint density at radius 2 is 2.00 bits per heavy atom.